The normalized spacial score (nSPS) is 19.9. The predicted molar refractivity (Wildman–Crippen MR) is 130 cm³/mol. The van der Waals surface area contributed by atoms with Gasteiger partial charge in [0.1, 0.15) is 12.1 Å². The lowest BCUT2D eigenvalue weighted by molar-refractivity contribution is 0.217. The molecule has 0 bridgehead atoms. The second kappa shape index (κ2) is 9.65. The van der Waals surface area contributed by atoms with Crippen LogP contribution < -0.4 is 20.1 Å². The van der Waals surface area contributed by atoms with Crippen molar-refractivity contribution in [3.8, 4) is 23.8 Å². The molecule has 2 fully saturated rings. The van der Waals surface area contributed by atoms with Crippen LogP contribution in [0, 0.1) is 18.3 Å². The average Bonchev–Trinajstić information content (AvgIpc) is 3.46. The Morgan fingerprint density at radius 2 is 2.15 bits per heavy atom. The molecule has 0 aliphatic carbocycles. The SMILES string of the molecule is C#Cc1cccc(Nc2ncnc3cc(OC)c(OCCCN4CC[C@H]5CNC[C@H]54)cc23)c1. The summed E-state index contributed by atoms with van der Waals surface area (Å²) >= 11 is 0. The van der Waals surface area contributed by atoms with Gasteiger partial charge in [0, 0.05) is 41.8 Å². The minimum atomic E-state index is 0.629. The van der Waals surface area contributed by atoms with Gasteiger partial charge in [0.25, 0.3) is 0 Å². The average molecular weight is 444 g/mol. The maximum absolute atomic E-state index is 6.17. The topological polar surface area (TPSA) is 71.5 Å². The van der Waals surface area contributed by atoms with E-state index in [-0.39, 0.29) is 0 Å². The Morgan fingerprint density at radius 3 is 3.03 bits per heavy atom. The number of nitrogens with one attached hydrogen (secondary N) is 2. The van der Waals surface area contributed by atoms with Crippen molar-refractivity contribution in [1.82, 2.24) is 20.2 Å². The zero-order valence-electron chi connectivity index (χ0n) is 18.9. The Hall–Kier alpha value is -3.34. The number of hydrogen-bond acceptors (Lipinski definition) is 7. The van der Waals surface area contributed by atoms with E-state index in [1.807, 2.05) is 36.4 Å². The highest BCUT2D eigenvalue weighted by molar-refractivity contribution is 5.93. The molecule has 2 aliphatic heterocycles. The van der Waals surface area contributed by atoms with E-state index in [9.17, 15) is 0 Å². The maximum atomic E-state index is 6.17. The Balaban J connectivity index is 1.30. The van der Waals surface area contributed by atoms with Gasteiger partial charge >= 0.3 is 0 Å². The highest BCUT2D eigenvalue weighted by atomic mass is 16.5. The zero-order valence-corrected chi connectivity index (χ0v) is 18.9. The molecule has 7 nitrogen and oxygen atoms in total. The largest absolute Gasteiger partial charge is 0.493 e. The third-order valence-corrected chi connectivity index (χ3v) is 6.62. The molecule has 33 heavy (non-hydrogen) atoms. The van der Waals surface area contributed by atoms with Gasteiger partial charge in [-0.2, -0.15) is 0 Å². The number of benzene rings is 2. The van der Waals surface area contributed by atoms with Crippen LogP contribution in [0.5, 0.6) is 11.5 Å². The lowest BCUT2D eigenvalue weighted by Crippen LogP contribution is -2.35. The van der Waals surface area contributed by atoms with E-state index < -0.39 is 0 Å². The van der Waals surface area contributed by atoms with Gasteiger partial charge in [0.05, 0.1) is 19.2 Å². The van der Waals surface area contributed by atoms with Crippen LogP contribution in [0.2, 0.25) is 0 Å². The molecule has 2 atom stereocenters. The molecule has 3 heterocycles. The first-order valence-corrected chi connectivity index (χ1v) is 11.5. The smallest absolute Gasteiger partial charge is 0.162 e. The molecule has 1 aromatic heterocycles. The summed E-state index contributed by atoms with van der Waals surface area (Å²) in [6, 6.07) is 12.2. The number of rotatable bonds is 8. The number of fused-ring (bicyclic) bond motifs is 2. The minimum absolute atomic E-state index is 0.629. The molecule has 170 valence electrons. The van der Waals surface area contributed by atoms with Crippen molar-refractivity contribution in [1.29, 1.82) is 0 Å². The first-order chi connectivity index (χ1) is 16.2. The van der Waals surface area contributed by atoms with Crippen LogP contribution in [0.1, 0.15) is 18.4 Å². The molecule has 5 rings (SSSR count). The molecule has 7 heteroatoms. The van der Waals surface area contributed by atoms with Crippen LogP contribution in [0.3, 0.4) is 0 Å². The molecule has 0 unspecified atom stereocenters. The first-order valence-electron chi connectivity index (χ1n) is 11.5. The number of hydrogen-bond donors (Lipinski definition) is 2. The summed E-state index contributed by atoms with van der Waals surface area (Å²) in [5.41, 5.74) is 2.46. The van der Waals surface area contributed by atoms with Gasteiger partial charge in [-0.3, -0.25) is 4.90 Å². The summed E-state index contributed by atoms with van der Waals surface area (Å²) in [4.78, 5) is 11.5. The predicted octanol–water partition coefficient (Wildman–Crippen LogP) is 3.43. The number of ether oxygens (including phenoxy) is 2. The van der Waals surface area contributed by atoms with Crippen molar-refractivity contribution < 1.29 is 9.47 Å². The molecular formula is C26H29N5O2. The van der Waals surface area contributed by atoms with Crippen LogP contribution in [-0.4, -0.2) is 60.8 Å². The van der Waals surface area contributed by atoms with Gasteiger partial charge in [-0.05, 0) is 56.1 Å². The molecule has 0 amide bonds. The maximum Gasteiger partial charge on any atom is 0.162 e. The van der Waals surface area contributed by atoms with Crippen molar-refractivity contribution in [3.05, 3.63) is 48.3 Å². The Labute approximate surface area is 194 Å². The standard InChI is InChI=1S/C26H29N5O2/c1-3-18-6-4-7-20(12-18)30-26-21-13-25(24(32-2)14-22(21)28-17-29-26)33-11-5-9-31-10-8-19-15-27-16-23(19)31/h1,4,6-7,12-14,17,19,23,27H,5,8-11,15-16H2,2H3,(H,28,29,30)/t19-,23+/m0/s1. The molecule has 2 aliphatic rings. The van der Waals surface area contributed by atoms with E-state index in [4.69, 9.17) is 15.9 Å². The lowest BCUT2D eigenvalue weighted by atomic mass is 10.1. The van der Waals surface area contributed by atoms with Crippen LogP contribution in [0.15, 0.2) is 42.7 Å². The van der Waals surface area contributed by atoms with Crippen LogP contribution in [0.4, 0.5) is 11.5 Å². The van der Waals surface area contributed by atoms with Gasteiger partial charge in [0.2, 0.25) is 0 Å². The van der Waals surface area contributed by atoms with E-state index in [0.29, 0.717) is 30.0 Å². The van der Waals surface area contributed by atoms with E-state index in [0.717, 1.165) is 54.1 Å². The molecule has 0 spiro atoms. The van der Waals surface area contributed by atoms with E-state index in [1.54, 1.807) is 7.11 Å². The van der Waals surface area contributed by atoms with Crippen LogP contribution >= 0.6 is 0 Å². The van der Waals surface area contributed by atoms with Crippen molar-refractivity contribution in [2.24, 2.45) is 5.92 Å². The highest BCUT2D eigenvalue weighted by Crippen LogP contribution is 2.35. The third-order valence-electron chi connectivity index (χ3n) is 6.62. The minimum Gasteiger partial charge on any atom is -0.493 e. The Morgan fingerprint density at radius 1 is 1.21 bits per heavy atom. The summed E-state index contributed by atoms with van der Waals surface area (Å²) in [7, 11) is 1.65. The molecule has 2 saturated heterocycles. The van der Waals surface area contributed by atoms with Gasteiger partial charge in [0.15, 0.2) is 11.5 Å². The number of nitrogens with zero attached hydrogens (tertiary/aromatic N) is 3. The monoisotopic (exact) mass is 443 g/mol. The second-order valence-electron chi connectivity index (χ2n) is 8.60. The van der Waals surface area contributed by atoms with Crippen molar-refractivity contribution in [2.75, 3.05) is 45.2 Å². The summed E-state index contributed by atoms with van der Waals surface area (Å²) in [6.45, 7) is 5.16. The fourth-order valence-corrected chi connectivity index (χ4v) is 4.93. The van der Waals surface area contributed by atoms with Gasteiger partial charge in [-0.25, -0.2) is 9.97 Å². The summed E-state index contributed by atoms with van der Waals surface area (Å²) in [6.07, 6.45) is 9.35. The number of methoxy groups -OCH3 is 1. The van der Waals surface area contributed by atoms with E-state index in [1.165, 1.54) is 19.3 Å². The Kier molecular flexibility index (Phi) is 6.29. The molecular weight excluding hydrogens is 414 g/mol. The number of likely N-dealkylation sites (tertiary alicyclic amines) is 1. The van der Waals surface area contributed by atoms with Crippen LogP contribution in [-0.2, 0) is 0 Å². The molecule has 0 radical (unpaired) electrons. The third kappa shape index (κ3) is 4.58. The molecule has 0 saturated carbocycles. The number of terminal acetylenes is 1. The number of anilines is 2. The Bertz CT molecular complexity index is 1180. The first kappa shape index (κ1) is 21.5. The van der Waals surface area contributed by atoms with Crippen molar-refractivity contribution >= 4 is 22.4 Å². The van der Waals surface area contributed by atoms with Gasteiger partial charge in [-0.1, -0.05) is 12.0 Å². The fraction of sp³-hybridized carbons (Fsp3) is 0.385. The summed E-state index contributed by atoms with van der Waals surface area (Å²) in [5, 5.41) is 7.73. The van der Waals surface area contributed by atoms with Crippen LogP contribution in [0.25, 0.3) is 10.9 Å². The molecule has 2 aromatic carbocycles. The van der Waals surface area contributed by atoms with Crippen molar-refractivity contribution in [3.63, 3.8) is 0 Å². The zero-order chi connectivity index (χ0) is 22.6. The number of aromatic nitrogens is 2. The lowest BCUT2D eigenvalue weighted by Gasteiger charge is -2.23. The quantitative estimate of drug-likeness (QED) is 0.408. The molecule has 2 N–H and O–H groups in total. The van der Waals surface area contributed by atoms with E-state index >= 15 is 0 Å². The summed E-state index contributed by atoms with van der Waals surface area (Å²) in [5.74, 6) is 5.54. The van der Waals surface area contributed by atoms with Gasteiger partial charge in [-0.15, -0.1) is 6.42 Å². The van der Waals surface area contributed by atoms with Crippen molar-refractivity contribution in [2.45, 2.75) is 18.9 Å². The highest BCUT2D eigenvalue weighted by Gasteiger charge is 2.36. The van der Waals surface area contributed by atoms with E-state index in [2.05, 4.69) is 31.4 Å². The molecule has 3 aromatic rings. The summed E-state index contributed by atoms with van der Waals surface area (Å²) < 4.78 is 11.8. The second-order valence-corrected chi connectivity index (χ2v) is 8.60. The fourth-order valence-electron chi connectivity index (χ4n) is 4.93. The van der Waals surface area contributed by atoms with Gasteiger partial charge < -0.3 is 20.1 Å².